The summed E-state index contributed by atoms with van der Waals surface area (Å²) >= 11 is 0. The zero-order valence-corrected chi connectivity index (χ0v) is 13.2. The molecule has 0 aliphatic carbocycles. The molecule has 1 N–H and O–H groups in total. The maximum Gasteiger partial charge on any atom is 0.232 e. The van der Waals surface area contributed by atoms with Crippen LogP contribution in [-0.4, -0.2) is 12.5 Å². The van der Waals surface area contributed by atoms with Crippen molar-refractivity contribution in [3.05, 3.63) is 60.2 Å². The Morgan fingerprint density at radius 2 is 1.73 bits per heavy atom. The molecule has 0 heterocycles. The van der Waals surface area contributed by atoms with Crippen LogP contribution in [0.2, 0.25) is 0 Å². The van der Waals surface area contributed by atoms with Crippen LogP contribution in [0.1, 0.15) is 38.2 Å². The average molecular weight is 297 g/mol. The molecule has 0 spiro atoms. The lowest BCUT2D eigenvalue weighted by Crippen LogP contribution is -2.21. The van der Waals surface area contributed by atoms with Crippen LogP contribution in [0.4, 0.5) is 5.69 Å². The van der Waals surface area contributed by atoms with Crippen LogP contribution < -0.4 is 10.1 Å². The van der Waals surface area contributed by atoms with E-state index < -0.39 is 0 Å². The van der Waals surface area contributed by atoms with E-state index in [1.54, 1.807) is 0 Å². The molecule has 2 rings (SSSR count). The van der Waals surface area contributed by atoms with Crippen molar-refractivity contribution < 1.29 is 9.53 Å². The zero-order valence-electron chi connectivity index (χ0n) is 13.2. The molecule has 1 amide bonds. The summed E-state index contributed by atoms with van der Waals surface area (Å²) in [6.07, 6.45) is 1.78. The number of anilines is 1. The van der Waals surface area contributed by atoms with Crippen LogP contribution in [0, 0.1) is 0 Å². The van der Waals surface area contributed by atoms with Crippen LogP contribution in [0.15, 0.2) is 54.6 Å². The van der Waals surface area contributed by atoms with Gasteiger partial charge in [-0.05, 0) is 31.0 Å². The number of ether oxygens (including phenoxy) is 1. The van der Waals surface area contributed by atoms with Gasteiger partial charge in [0, 0.05) is 0 Å². The molecule has 0 aliphatic rings. The van der Waals surface area contributed by atoms with Crippen LogP contribution in [-0.2, 0) is 4.79 Å². The molecule has 3 heteroatoms. The van der Waals surface area contributed by atoms with E-state index in [0.717, 1.165) is 24.1 Å². The third kappa shape index (κ3) is 4.10. The van der Waals surface area contributed by atoms with Gasteiger partial charge in [0.2, 0.25) is 5.91 Å². The maximum atomic E-state index is 12.7. The molecular formula is C19H23NO2. The van der Waals surface area contributed by atoms with Crippen LogP contribution in [0.3, 0.4) is 0 Å². The Labute approximate surface area is 132 Å². The summed E-state index contributed by atoms with van der Waals surface area (Å²) in [5, 5.41) is 3.01. The third-order valence-electron chi connectivity index (χ3n) is 3.54. The van der Waals surface area contributed by atoms with E-state index in [9.17, 15) is 4.79 Å². The fourth-order valence-corrected chi connectivity index (χ4v) is 2.49. The third-order valence-corrected chi connectivity index (χ3v) is 3.54. The van der Waals surface area contributed by atoms with Crippen molar-refractivity contribution in [2.75, 3.05) is 11.9 Å². The first-order valence-corrected chi connectivity index (χ1v) is 7.83. The number of hydrogen-bond acceptors (Lipinski definition) is 2. The number of carbonyl (C=O) groups excluding carboxylic acids is 1. The van der Waals surface area contributed by atoms with E-state index in [0.29, 0.717) is 12.4 Å². The Kier molecular flexibility index (Phi) is 6.01. The lowest BCUT2D eigenvalue weighted by atomic mass is 9.93. The summed E-state index contributed by atoms with van der Waals surface area (Å²) in [6.45, 7) is 4.60. The molecule has 2 aromatic carbocycles. The molecule has 0 fully saturated rings. The molecule has 1 unspecified atom stereocenters. The van der Waals surface area contributed by atoms with Gasteiger partial charge in [0.1, 0.15) is 5.75 Å². The number of carbonyl (C=O) groups is 1. The Morgan fingerprint density at radius 1 is 1.05 bits per heavy atom. The molecule has 0 saturated heterocycles. The Morgan fingerprint density at radius 3 is 2.41 bits per heavy atom. The smallest absolute Gasteiger partial charge is 0.232 e. The molecule has 0 saturated carbocycles. The second-order valence-corrected chi connectivity index (χ2v) is 5.17. The molecule has 22 heavy (non-hydrogen) atoms. The van der Waals surface area contributed by atoms with Crippen molar-refractivity contribution in [2.24, 2.45) is 0 Å². The minimum Gasteiger partial charge on any atom is -0.492 e. The molecule has 0 aliphatic heterocycles. The fourth-order valence-electron chi connectivity index (χ4n) is 2.49. The van der Waals surface area contributed by atoms with E-state index in [4.69, 9.17) is 4.74 Å². The van der Waals surface area contributed by atoms with Gasteiger partial charge in [-0.2, -0.15) is 0 Å². The van der Waals surface area contributed by atoms with Crippen molar-refractivity contribution in [3.63, 3.8) is 0 Å². The number of benzene rings is 2. The summed E-state index contributed by atoms with van der Waals surface area (Å²) in [4.78, 5) is 12.7. The number of para-hydroxylation sites is 2. The fraction of sp³-hybridized carbons (Fsp3) is 0.316. The van der Waals surface area contributed by atoms with E-state index in [1.807, 2.05) is 61.5 Å². The monoisotopic (exact) mass is 297 g/mol. The highest BCUT2D eigenvalue weighted by Gasteiger charge is 2.20. The Bertz CT molecular complexity index is 595. The molecule has 2 aromatic rings. The number of amides is 1. The van der Waals surface area contributed by atoms with Gasteiger partial charge in [-0.15, -0.1) is 0 Å². The first-order chi connectivity index (χ1) is 10.8. The van der Waals surface area contributed by atoms with E-state index in [2.05, 4.69) is 12.2 Å². The van der Waals surface area contributed by atoms with E-state index >= 15 is 0 Å². The van der Waals surface area contributed by atoms with Gasteiger partial charge in [-0.25, -0.2) is 0 Å². The summed E-state index contributed by atoms with van der Waals surface area (Å²) in [5.41, 5.74) is 1.78. The summed E-state index contributed by atoms with van der Waals surface area (Å²) < 4.78 is 5.57. The second kappa shape index (κ2) is 8.23. The predicted molar refractivity (Wildman–Crippen MR) is 90.3 cm³/mol. The van der Waals surface area contributed by atoms with Crippen molar-refractivity contribution in [3.8, 4) is 5.75 Å². The standard InChI is InChI=1S/C19H23NO2/c1-3-10-16(15-11-6-5-7-12-15)19(21)20-17-13-8-9-14-18(17)22-4-2/h5-9,11-14,16H,3-4,10H2,1-2H3,(H,20,21). The predicted octanol–water partition coefficient (Wildman–Crippen LogP) is 4.61. The van der Waals surface area contributed by atoms with Crippen LogP contribution in [0.25, 0.3) is 0 Å². The van der Waals surface area contributed by atoms with Crippen molar-refractivity contribution in [1.82, 2.24) is 0 Å². The average Bonchev–Trinajstić information content (AvgIpc) is 2.55. The van der Waals surface area contributed by atoms with Gasteiger partial charge in [0.05, 0.1) is 18.2 Å². The molecule has 116 valence electrons. The van der Waals surface area contributed by atoms with E-state index in [1.165, 1.54) is 0 Å². The van der Waals surface area contributed by atoms with Crippen molar-refractivity contribution >= 4 is 11.6 Å². The van der Waals surface area contributed by atoms with Gasteiger partial charge < -0.3 is 10.1 Å². The molecule has 0 aromatic heterocycles. The highest BCUT2D eigenvalue weighted by molar-refractivity contribution is 5.97. The minimum atomic E-state index is -0.138. The lowest BCUT2D eigenvalue weighted by molar-refractivity contribution is -0.117. The summed E-state index contributed by atoms with van der Waals surface area (Å²) in [5.74, 6) is 0.586. The molecule has 1 atom stereocenters. The maximum absolute atomic E-state index is 12.7. The Hall–Kier alpha value is -2.29. The molecular weight excluding hydrogens is 274 g/mol. The SMILES string of the molecule is CCCC(C(=O)Nc1ccccc1OCC)c1ccccc1. The van der Waals surface area contributed by atoms with Gasteiger partial charge >= 0.3 is 0 Å². The van der Waals surface area contributed by atoms with Crippen LogP contribution >= 0.6 is 0 Å². The van der Waals surface area contributed by atoms with Gasteiger partial charge in [0.25, 0.3) is 0 Å². The highest BCUT2D eigenvalue weighted by atomic mass is 16.5. The van der Waals surface area contributed by atoms with Gasteiger partial charge in [-0.1, -0.05) is 55.8 Å². The minimum absolute atomic E-state index is 0.0141. The first kappa shape index (κ1) is 16.1. The summed E-state index contributed by atoms with van der Waals surface area (Å²) in [6, 6.07) is 17.5. The number of hydrogen-bond donors (Lipinski definition) is 1. The number of rotatable bonds is 7. The van der Waals surface area contributed by atoms with Gasteiger partial charge in [-0.3, -0.25) is 4.79 Å². The van der Waals surface area contributed by atoms with Gasteiger partial charge in [0.15, 0.2) is 0 Å². The molecule has 3 nitrogen and oxygen atoms in total. The van der Waals surface area contributed by atoms with E-state index in [-0.39, 0.29) is 11.8 Å². The normalized spacial score (nSPS) is 11.7. The van der Waals surface area contributed by atoms with Crippen molar-refractivity contribution in [1.29, 1.82) is 0 Å². The summed E-state index contributed by atoms with van der Waals surface area (Å²) in [7, 11) is 0. The second-order valence-electron chi connectivity index (χ2n) is 5.17. The Balaban J connectivity index is 2.18. The molecule has 0 radical (unpaired) electrons. The number of nitrogens with one attached hydrogen (secondary N) is 1. The quantitative estimate of drug-likeness (QED) is 0.810. The van der Waals surface area contributed by atoms with Crippen LogP contribution in [0.5, 0.6) is 5.75 Å². The topological polar surface area (TPSA) is 38.3 Å². The largest absolute Gasteiger partial charge is 0.492 e. The zero-order chi connectivity index (χ0) is 15.8. The first-order valence-electron chi connectivity index (χ1n) is 7.83. The lowest BCUT2D eigenvalue weighted by Gasteiger charge is -2.18. The molecule has 0 bridgehead atoms. The van der Waals surface area contributed by atoms with Crippen molar-refractivity contribution in [2.45, 2.75) is 32.6 Å². The highest BCUT2D eigenvalue weighted by Crippen LogP contribution is 2.27.